The number of amides is 1. The Kier molecular flexibility index (Phi) is 7.45. The molecule has 3 aromatic carbocycles. The smallest absolute Gasteiger partial charge is 0.234 e. The van der Waals surface area contributed by atoms with Crippen LogP contribution in [0.2, 0.25) is 5.02 Å². The molecule has 0 atom stereocenters. The molecule has 188 valence electrons. The van der Waals surface area contributed by atoms with Gasteiger partial charge >= 0.3 is 0 Å². The Labute approximate surface area is 227 Å². The molecule has 7 nitrogen and oxygen atoms in total. The maximum atomic E-state index is 12.5. The van der Waals surface area contributed by atoms with Gasteiger partial charge in [0.1, 0.15) is 17.4 Å². The van der Waals surface area contributed by atoms with Gasteiger partial charge in [0.25, 0.3) is 0 Å². The van der Waals surface area contributed by atoms with E-state index in [1.54, 1.807) is 17.4 Å². The maximum absolute atomic E-state index is 12.5. The molecule has 0 aliphatic heterocycles. The Bertz CT molecular complexity index is 1580. The number of hydrogen-bond acceptors (Lipinski definition) is 7. The van der Waals surface area contributed by atoms with Crippen molar-refractivity contribution in [1.29, 1.82) is 0 Å². The highest BCUT2D eigenvalue weighted by Gasteiger charge is 2.13. The van der Waals surface area contributed by atoms with Crippen molar-refractivity contribution < 1.29 is 9.53 Å². The number of hydrogen-bond donors (Lipinski definition) is 1. The van der Waals surface area contributed by atoms with E-state index in [0.717, 1.165) is 27.3 Å². The average Bonchev–Trinajstić information content (AvgIpc) is 3.46. The minimum atomic E-state index is -0.120. The molecule has 0 fully saturated rings. The summed E-state index contributed by atoms with van der Waals surface area (Å²) in [5.74, 6) is 1.46. The first-order chi connectivity index (χ1) is 17.9. The number of benzene rings is 3. The molecule has 10 heteroatoms. The van der Waals surface area contributed by atoms with Crippen molar-refractivity contribution in [3.63, 3.8) is 0 Å². The first kappa shape index (κ1) is 25.3. The van der Waals surface area contributed by atoms with Gasteiger partial charge in [0, 0.05) is 23.3 Å². The summed E-state index contributed by atoms with van der Waals surface area (Å²) in [4.78, 5) is 17.3. The largest absolute Gasteiger partial charge is 0.486 e. The molecule has 0 saturated heterocycles. The first-order valence-corrected chi connectivity index (χ1v) is 13.7. The Morgan fingerprint density at radius 1 is 1.08 bits per heavy atom. The molecular formula is C27H24ClN5O2S2. The van der Waals surface area contributed by atoms with Crippen molar-refractivity contribution in [2.75, 3.05) is 11.1 Å². The molecule has 0 aliphatic rings. The van der Waals surface area contributed by atoms with E-state index in [-0.39, 0.29) is 18.3 Å². The Morgan fingerprint density at radius 2 is 1.89 bits per heavy atom. The normalized spacial score (nSPS) is 11.1. The average molecular weight is 550 g/mol. The number of thiazole rings is 1. The van der Waals surface area contributed by atoms with E-state index in [2.05, 4.69) is 34.6 Å². The van der Waals surface area contributed by atoms with Gasteiger partial charge < -0.3 is 14.6 Å². The zero-order valence-electron chi connectivity index (χ0n) is 20.5. The van der Waals surface area contributed by atoms with Crippen LogP contribution in [-0.4, -0.2) is 31.4 Å². The second-order valence-corrected chi connectivity index (χ2v) is 10.9. The minimum absolute atomic E-state index is 0.120. The van der Waals surface area contributed by atoms with Gasteiger partial charge in [-0.2, -0.15) is 0 Å². The summed E-state index contributed by atoms with van der Waals surface area (Å²) in [7, 11) is 1.86. The second-order valence-electron chi connectivity index (χ2n) is 8.56. The number of halogens is 1. The highest BCUT2D eigenvalue weighted by molar-refractivity contribution is 7.99. The SMILES string of the molecule is Cc1ccc2nc(-c3ccc(NC(=O)CSc4nnc(COc5ccc(Cl)c(C)c5)n4C)cc3)sc2c1. The number of carbonyl (C=O) groups is 1. The fourth-order valence-electron chi connectivity index (χ4n) is 3.63. The summed E-state index contributed by atoms with van der Waals surface area (Å²) in [6.45, 7) is 4.27. The maximum Gasteiger partial charge on any atom is 0.234 e. The molecule has 0 bridgehead atoms. The summed E-state index contributed by atoms with van der Waals surface area (Å²) in [5, 5.41) is 13.6. The number of ether oxygens (including phenoxy) is 1. The lowest BCUT2D eigenvalue weighted by Gasteiger charge is -2.08. The van der Waals surface area contributed by atoms with Crippen molar-refractivity contribution in [2.45, 2.75) is 25.6 Å². The number of nitrogens with zero attached hydrogens (tertiary/aromatic N) is 4. The van der Waals surface area contributed by atoms with Crippen LogP contribution in [0.3, 0.4) is 0 Å². The van der Waals surface area contributed by atoms with E-state index in [4.69, 9.17) is 21.3 Å². The Morgan fingerprint density at radius 3 is 2.68 bits per heavy atom. The van der Waals surface area contributed by atoms with Gasteiger partial charge in [0.15, 0.2) is 11.0 Å². The van der Waals surface area contributed by atoms with Crippen LogP contribution in [0.5, 0.6) is 5.75 Å². The number of thioether (sulfide) groups is 1. The molecule has 1 amide bonds. The van der Waals surface area contributed by atoms with Crippen molar-refractivity contribution in [3.8, 4) is 16.3 Å². The van der Waals surface area contributed by atoms with E-state index in [9.17, 15) is 4.79 Å². The van der Waals surface area contributed by atoms with Crippen molar-refractivity contribution in [3.05, 3.63) is 82.6 Å². The predicted molar refractivity (Wildman–Crippen MR) is 151 cm³/mol. The number of rotatable bonds is 8. The Balaban J connectivity index is 1.14. The summed E-state index contributed by atoms with van der Waals surface area (Å²) < 4.78 is 8.81. The second kappa shape index (κ2) is 10.9. The zero-order valence-corrected chi connectivity index (χ0v) is 22.9. The lowest BCUT2D eigenvalue weighted by Crippen LogP contribution is -2.14. The van der Waals surface area contributed by atoms with Gasteiger partial charge in [0.2, 0.25) is 5.91 Å². The number of carbonyl (C=O) groups excluding carboxylic acids is 1. The Hall–Kier alpha value is -3.40. The van der Waals surface area contributed by atoms with E-state index in [0.29, 0.717) is 21.8 Å². The summed E-state index contributed by atoms with van der Waals surface area (Å²) in [5.41, 5.74) is 4.92. The number of aryl methyl sites for hydroxylation is 2. The third kappa shape index (κ3) is 5.95. The molecule has 5 rings (SSSR count). The predicted octanol–water partition coefficient (Wildman–Crippen LogP) is 6.67. The lowest BCUT2D eigenvalue weighted by atomic mass is 10.2. The van der Waals surface area contributed by atoms with E-state index < -0.39 is 0 Å². The number of nitrogens with one attached hydrogen (secondary N) is 1. The van der Waals surface area contributed by atoms with E-state index in [1.807, 2.05) is 61.0 Å². The summed E-state index contributed by atoms with van der Waals surface area (Å²) >= 11 is 9.05. The molecular weight excluding hydrogens is 526 g/mol. The van der Waals surface area contributed by atoms with Crippen LogP contribution in [0.4, 0.5) is 5.69 Å². The molecule has 0 aliphatic carbocycles. The van der Waals surface area contributed by atoms with Gasteiger partial charge in [0.05, 0.1) is 16.0 Å². The molecule has 0 unspecified atom stereocenters. The van der Waals surface area contributed by atoms with Crippen LogP contribution >= 0.6 is 34.7 Å². The highest BCUT2D eigenvalue weighted by atomic mass is 35.5. The van der Waals surface area contributed by atoms with E-state index in [1.165, 1.54) is 22.0 Å². The molecule has 0 saturated carbocycles. The van der Waals surface area contributed by atoms with Crippen molar-refractivity contribution in [1.82, 2.24) is 19.7 Å². The molecule has 0 spiro atoms. The van der Waals surface area contributed by atoms with Gasteiger partial charge in [-0.1, -0.05) is 29.4 Å². The van der Waals surface area contributed by atoms with Crippen LogP contribution < -0.4 is 10.1 Å². The lowest BCUT2D eigenvalue weighted by molar-refractivity contribution is -0.113. The van der Waals surface area contributed by atoms with Gasteiger partial charge in [-0.3, -0.25) is 4.79 Å². The van der Waals surface area contributed by atoms with Crippen LogP contribution in [0.1, 0.15) is 17.0 Å². The minimum Gasteiger partial charge on any atom is -0.486 e. The topological polar surface area (TPSA) is 81.9 Å². The zero-order chi connectivity index (χ0) is 25.9. The fraction of sp³-hybridized carbons (Fsp3) is 0.185. The highest BCUT2D eigenvalue weighted by Crippen LogP contribution is 2.31. The molecule has 2 heterocycles. The van der Waals surface area contributed by atoms with Gasteiger partial charge in [-0.15, -0.1) is 21.5 Å². The van der Waals surface area contributed by atoms with Crippen molar-refractivity contribution in [2.24, 2.45) is 7.05 Å². The van der Waals surface area contributed by atoms with Crippen molar-refractivity contribution >= 4 is 56.5 Å². The van der Waals surface area contributed by atoms with Crippen LogP contribution in [-0.2, 0) is 18.4 Å². The molecule has 5 aromatic rings. The quantitative estimate of drug-likeness (QED) is 0.218. The number of fused-ring (bicyclic) bond motifs is 1. The molecule has 0 radical (unpaired) electrons. The van der Waals surface area contributed by atoms with Gasteiger partial charge in [-0.25, -0.2) is 4.98 Å². The van der Waals surface area contributed by atoms with Crippen LogP contribution in [0.25, 0.3) is 20.8 Å². The number of aromatic nitrogens is 4. The fourth-order valence-corrected chi connectivity index (χ4v) is 5.55. The van der Waals surface area contributed by atoms with Gasteiger partial charge in [-0.05, 0) is 79.6 Å². The first-order valence-electron chi connectivity index (χ1n) is 11.5. The third-order valence-electron chi connectivity index (χ3n) is 5.71. The third-order valence-corrected chi connectivity index (χ3v) is 8.23. The summed E-state index contributed by atoms with van der Waals surface area (Å²) in [6, 6.07) is 19.5. The summed E-state index contributed by atoms with van der Waals surface area (Å²) in [6.07, 6.45) is 0. The monoisotopic (exact) mass is 549 g/mol. The standard InChI is InChI=1S/C27H24ClN5O2S2/c1-16-4-11-22-23(12-16)37-26(30-22)18-5-7-19(8-6-18)29-25(34)15-36-27-32-31-24(33(27)3)14-35-20-9-10-21(28)17(2)13-20/h4-13H,14-15H2,1-3H3,(H,29,34). The number of anilines is 1. The van der Waals surface area contributed by atoms with E-state index >= 15 is 0 Å². The molecule has 2 aromatic heterocycles. The molecule has 37 heavy (non-hydrogen) atoms. The van der Waals surface area contributed by atoms with Crippen LogP contribution in [0.15, 0.2) is 65.8 Å². The molecule has 1 N–H and O–H groups in total. The van der Waals surface area contributed by atoms with Crippen LogP contribution in [0, 0.1) is 13.8 Å².